The molecule has 2 aromatic carbocycles. The Labute approximate surface area is 157 Å². The molecule has 5 rings (SSSR count). The number of hydrogen-bond acceptors (Lipinski definition) is 0. The number of fused-ring (bicyclic) bond motifs is 3. The van der Waals surface area contributed by atoms with Crippen LogP contribution in [0.4, 0.5) is 0 Å². The van der Waals surface area contributed by atoms with Crippen molar-refractivity contribution in [3.8, 4) is 11.4 Å². The van der Waals surface area contributed by atoms with E-state index in [2.05, 4.69) is 78.4 Å². The van der Waals surface area contributed by atoms with Gasteiger partial charge in [0.05, 0.1) is 5.41 Å². The summed E-state index contributed by atoms with van der Waals surface area (Å²) >= 11 is 0. The second-order valence-corrected chi connectivity index (χ2v) is 8.19. The average Bonchev–Trinajstić information content (AvgIpc) is 3.35. The molecule has 1 aliphatic carbocycles. The smallest absolute Gasteiger partial charge is 0.199 e. The summed E-state index contributed by atoms with van der Waals surface area (Å²) in [6.07, 6.45) is 5.79. The number of imidazole rings is 1. The largest absolute Gasteiger partial charge is 0.254 e. The zero-order valence-corrected chi connectivity index (χ0v) is 15.9. The highest BCUT2D eigenvalue weighted by Gasteiger charge is 2.52. The summed E-state index contributed by atoms with van der Waals surface area (Å²) in [6.45, 7) is 6.76. The molecular formula is C24H27N2+. The number of benzene rings is 2. The predicted octanol–water partition coefficient (Wildman–Crippen LogP) is 5.18. The van der Waals surface area contributed by atoms with E-state index in [1.807, 2.05) is 0 Å². The molecule has 1 fully saturated rings. The van der Waals surface area contributed by atoms with Gasteiger partial charge in [0.1, 0.15) is 17.1 Å². The molecule has 1 unspecified atom stereocenters. The van der Waals surface area contributed by atoms with Crippen molar-refractivity contribution >= 4 is 0 Å². The fourth-order valence-electron chi connectivity index (χ4n) is 5.48. The molecule has 3 aromatic rings. The van der Waals surface area contributed by atoms with Gasteiger partial charge < -0.3 is 0 Å². The molecule has 26 heavy (non-hydrogen) atoms. The van der Waals surface area contributed by atoms with Crippen molar-refractivity contribution < 1.29 is 5.94 Å². The lowest BCUT2D eigenvalue weighted by Gasteiger charge is -2.30. The van der Waals surface area contributed by atoms with E-state index in [0.29, 0.717) is 12.2 Å². The van der Waals surface area contributed by atoms with Crippen molar-refractivity contribution in [3.63, 3.8) is 0 Å². The molecule has 2 heteroatoms. The number of nitrogens with zero attached hydrogens (tertiary/aromatic N) is 2. The van der Waals surface area contributed by atoms with Gasteiger partial charge in [0, 0.05) is 12.5 Å². The van der Waals surface area contributed by atoms with Crippen molar-refractivity contribution in [1.82, 2.24) is 4.57 Å². The molecule has 0 bridgehead atoms. The highest BCUT2D eigenvalue weighted by Crippen LogP contribution is 2.52. The molecule has 1 atom stereocenters. The first kappa shape index (κ1) is 14.8. The van der Waals surface area contributed by atoms with E-state index < -0.39 is 0 Å². The Bertz CT molecular complexity index is 1040. The van der Waals surface area contributed by atoms with E-state index in [1.54, 1.807) is 0 Å². The van der Waals surface area contributed by atoms with Gasteiger partial charge in [-0.2, -0.15) is 9.13 Å². The molecule has 1 aliphatic heterocycles. The minimum atomic E-state index is -0.0130. The predicted molar refractivity (Wildman–Crippen MR) is 105 cm³/mol. The van der Waals surface area contributed by atoms with Crippen LogP contribution in [0.15, 0.2) is 54.8 Å². The fraction of sp³-hybridized carbons (Fsp3) is 0.375. The minimum Gasteiger partial charge on any atom is -0.199 e. The van der Waals surface area contributed by atoms with Crippen molar-refractivity contribution in [2.75, 3.05) is 0 Å². The molecule has 132 valence electrons. The second-order valence-electron chi connectivity index (χ2n) is 8.19. The zero-order chi connectivity index (χ0) is 18.8. The maximum atomic E-state index is 9.09. The molecule has 0 radical (unpaired) electrons. The highest BCUT2D eigenvalue weighted by atomic mass is 15.2. The van der Waals surface area contributed by atoms with Gasteiger partial charge in [0.15, 0.2) is 7.06 Å². The number of para-hydroxylation sites is 2. The number of rotatable bonds is 2. The summed E-state index contributed by atoms with van der Waals surface area (Å²) in [6, 6.07) is 17.2. The van der Waals surface area contributed by atoms with Crippen LogP contribution >= 0.6 is 0 Å². The summed E-state index contributed by atoms with van der Waals surface area (Å²) in [4.78, 5) is 0. The molecule has 0 N–H and O–H groups in total. The Morgan fingerprint density at radius 1 is 1.04 bits per heavy atom. The zero-order valence-electron chi connectivity index (χ0n) is 16.9. The van der Waals surface area contributed by atoms with Crippen LogP contribution in [-0.4, -0.2) is 4.57 Å². The number of aromatic nitrogens is 2. The van der Waals surface area contributed by atoms with E-state index in [4.69, 9.17) is 1.37 Å². The summed E-state index contributed by atoms with van der Waals surface area (Å²) in [5.74, 6) is 0.651. The van der Waals surface area contributed by atoms with Crippen molar-refractivity contribution in [3.05, 3.63) is 77.3 Å². The molecule has 2 heterocycles. The average molecular weight is 345 g/mol. The van der Waals surface area contributed by atoms with Gasteiger partial charge in [-0.3, -0.25) is 0 Å². The van der Waals surface area contributed by atoms with Crippen molar-refractivity contribution in [2.24, 2.45) is 5.92 Å². The van der Waals surface area contributed by atoms with E-state index in [9.17, 15) is 0 Å². The van der Waals surface area contributed by atoms with Gasteiger partial charge in [-0.05, 0) is 50.3 Å². The van der Waals surface area contributed by atoms with Gasteiger partial charge in [-0.25, -0.2) is 0 Å². The quantitative estimate of drug-likeness (QED) is 0.566. The lowest BCUT2D eigenvalue weighted by atomic mass is 9.69. The normalized spacial score (nSPS) is 22.3. The van der Waals surface area contributed by atoms with Crippen LogP contribution in [0, 0.1) is 19.8 Å². The van der Waals surface area contributed by atoms with Crippen molar-refractivity contribution in [2.45, 2.75) is 51.9 Å². The lowest BCUT2D eigenvalue weighted by molar-refractivity contribution is -0.602. The minimum absolute atomic E-state index is 0.0130. The first-order valence-electron chi connectivity index (χ1n) is 10.4. The van der Waals surface area contributed by atoms with E-state index in [0.717, 1.165) is 5.69 Å². The Kier molecular flexibility index (Phi) is 3.17. The van der Waals surface area contributed by atoms with Crippen LogP contribution in [0.5, 0.6) is 0 Å². The van der Waals surface area contributed by atoms with Crippen LogP contribution in [0.3, 0.4) is 0 Å². The van der Waals surface area contributed by atoms with Crippen LogP contribution in [-0.2, 0) is 5.41 Å². The molecule has 0 spiro atoms. The van der Waals surface area contributed by atoms with E-state index in [-0.39, 0.29) is 5.41 Å². The molecule has 0 saturated heterocycles. The van der Waals surface area contributed by atoms with E-state index >= 15 is 0 Å². The number of hydrogen-bond donors (Lipinski definition) is 0. The highest BCUT2D eigenvalue weighted by molar-refractivity contribution is 5.58. The molecular weight excluding hydrogens is 316 g/mol. The second kappa shape index (κ2) is 5.57. The lowest BCUT2D eigenvalue weighted by Crippen LogP contribution is -2.36. The van der Waals surface area contributed by atoms with Crippen LogP contribution in [0.2, 0.25) is 0 Å². The van der Waals surface area contributed by atoms with Gasteiger partial charge in [0.2, 0.25) is 0 Å². The third-order valence-corrected chi connectivity index (χ3v) is 6.83. The standard InChI is InChI=1S/C24H27N2/c1-17-10-4-8-14-21(17)25-16-26-22-15-9-7-13-20(22)24(3,23(26)18(25)2)19-11-5-6-12-19/h4,7-10,13-16,19H,5-6,11-12H2,1-3H3/q+1/i16D. The summed E-state index contributed by atoms with van der Waals surface area (Å²) in [5, 5.41) is 0. The summed E-state index contributed by atoms with van der Waals surface area (Å²) < 4.78 is 13.5. The molecule has 1 saturated carbocycles. The summed E-state index contributed by atoms with van der Waals surface area (Å²) in [5.41, 5.74) is 7.44. The van der Waals surface area contributed by atoms with Crippen LogP contribution in [0.1, 0.15) is 56.5 Å². The SMILES string of the molecule is [2H]c1n2c(c(C)[n+]1-c1ccccc1C)C(C)(C1CCCC1)c1ccccc1-2. The molecule has 1 aromatic heterocycles. The monoisotopic (exact) mass is 344 g/mol. The molecule has 2 nitrogen and oxygen atoms in total. The van der Waals surface area contributed by atoms with E-state index in [1.165, 1.54) is 53.9 Å². The topological polar surface area (TPSA) is 8.81 Å². The van der Waals surface area contributed by atoms with Gasteiger partial charge in [-0.1, -0.05) is 49.2 Å². The maximum Gasteiger partial charge on any atom is 0.254 e. The van der Waals surface area contributed by atoms with Crippen LogP contribution < -0.4 is 4.57 Å². The van der Waals surface area contributed by atoms with Crippen LogP contribution in [0.25, 0.3) is 11.4 Å². The Morgan fingerprint density at radius 3 is 2.50 bits per heavy atom. The third kappa shape index (κ3) is 1.96. The third-order valence-electron chi connectivity index (χ3n) is 6.83. The Hall–Kier alpha value is -2.35. The van der Waals surface area contributed by atoms with Gasteiger partial charge >= 0.3 is 0 Å². The number of aryl methyl sites for hydroxylation is 1. The van der Waals surface area contributed by atoms with Crippen molar-refractivity contribution in [1.29, 1.82) is 0 Å². The fourth-order valence-corrected chi connectivity index (χ4v) is 5.48. The van der Waals surface area contributed by atoms with Gasteiger partial charge in [0.25, 0.3) is 6.30 Å². The Morgan fingerprint density at radius 2 is 1.73 bits per heavy atom. The first-order valence-corrected chi connectivity index (χ1v) is 9.85. The van der Waals surface area contributed by atoms with Gasteiger partial charge in [-0.15, -0.1) is 0 Å². The maximum absolute atomic E-state index is 9.09. The molecule has 0 amide bonds. The first-order chi connectivity index (χ1) is 13.0. The molecule has 2 aliphatic rings. The Balaban J connectivity index is 1.84. The summed E-state index contributed by atoms with van der Waals surface area (Å²) in [7, 11) is 0.